The Labute approximate surface area is 244 Å². The maximum Gasteiger partial charge on any atom is 0.312 e. The lowest BCUT2D eigenvalue weighted by Gasteiger charge is -2.14. The third-order valence-electron chi connectivity index (χ3n) is 5.93. The van der Waals surface area contributed by atoms with Gasteiger partial charge in [-0.2, -0.15) is 9.78 Å². The minimum absolute atomic E-state index is 0.0872. The number of nitrogens with zero attached hydrogens (tertiary/aromatic N) is 4. The van der Waals surface area contributed by atoms with Gasteiger partial charge in [0.1, 0.15) is 11.6 Å². The molecule has 4 aromatic rings. The molecule has 206 valence electrons. The Bertz CT molecular complexity index is 1690. The van der Waals surface area contributed by atoms with Gasteiger partial charge in [0.15, 0.2) is 6.61 Å². The van der Waals surface area contributed by atoms with E-state index in [1.54, 1.807) is 18.2 Å². The predicted molar refractivity (Wildman–Crippen MR) is 157 cm³/mol. The minimum Gasteiger partial charge on any atom is -0.476 e. The van der Waals surface area contributed by atoms with Gasteiger partial charge in [0.25, 0.3) is 11.5 Å². The highest BCUT2D eigenvalue weighted by molar-refractivity contribution is 9.10. The second-order valence-corrected chi connectivity index (χ2v) is 10.5. The van der Waals surface area contributed by atoms with Crippen LogP contribution in [-0.4, -0.2) is 33.3 Å². The predicted octanol–water partition coefficient (Wildman–Crippen LogP) is 6.38. The molecule has 0 saturated heterocycles. The molecule has 1 N–H and O–H groups in total. The number of aromatic nitrogens is 2. The second kappa shape index (κ2) is 12.5. The highest BCUT2D eigenvalue weighted by Gasteiger charge is 2.22. The van der Waals surface area contributed by atoms with Gasteiger partial charge in [-0.05, 0) is 70.9 Å². The van der Waals surface area contributed by atoms with Crippen LogP contribution >= 0.6 is 31.9 Å². The lowest BCUT2D eigenvalue weighted by Crippen LogP contribution is -2.23. The number of fused-ring (bicyclic) bond motifs is 1. The highest BCUT2D eigenvalue weighted by atomic mass is 79.9. The number of rotatable bonds is 9. The largest absolute Gasteiger partial charge is 0.476 e. The molecule has 1 atom stereocenters. The van der Waals surface area contributed by atoms with Crippen molar-refractivity contribution in [2.75, 3.05) is 11.9 Å². The van der Waals surface area contributed by atoms with Gasteiger partial charge in [-0.15, -0.1) is 0 Å². The van der Waals surface area contributed by atoms with Gasteiger partial charge in [0.2, 0.25) is 5.75 Å². The number of amides is 1. The third kappa shape index (κ3) is 6.59. The average molecular weight is 675 g/mol. The molecule has 4 rings (SSSR count). The number of halogens is 3. The van der Waals surface area contributed by atoms with Crippen LogP contribution in [0.15, 0.2) is 73.4 Å². The lowest BCUT2D eigenvalue weighted by atomic mass is 10.1. The Balaban J connectivity index is 1.64. The first-order valence-corrected chi connectivity index (χ1v) is 13.6. The number of hydrogen-bond donors (Lipinski definition) is 1. The van der Waals surface area contributed by atoms with Crippen LogP contribution in [0.2, 0.25) is 0 Å². The Morgan fingerprint density at radius 1 is 1.23 bits per heavy atom. The number of hydrogen-bond acceptors (Lipinski definition) is 7. The summed E-state index contributed by atoms with van der Waals surface area (Å²) < 4.78 is 20.6. The van der Waals surface area contributed by atoms with Crippen LogP contribution in [0.5, 0.6) is 5.75 Å². The van der Waals surface area contributed by atoms with Crippen molar-refractivity contribution in [2.45, 2.75) is 26.2 Å². The molecular formula is C27H22Br2FN5O5. The van der Waals surface area contributed by atoms with Crippen molar-refractivity contribution in [3.63, 3.8) is 0 Å². The number of nitrogens with one attached hydrogen (secondary N) is 1. The minimum atomic E-state index is -0.652. The zero-order chi connectivity index (χ0) is 29.0. The van der Waals surface area contributed by atoms with Crippen LogP contribution in [0.3, 0.4) is 0 Å². The van der Waals surface area contributed by atoms with E-state index in [2.05, 4.69) is 47.3 Å². The number of carbonyl (C=O) groups excluding carboxylic acids is 1. The van der Waals surface area contributed by atoms with Gasteiger partial charge in [-0.1, -0.05) is 29.8 Å². The maximum absolute atomic E-state index is 13.3. The van der Waals surface area contributed by atoms with Crippen molar-refractivity contribution in [1.82, 2.24) is 9.66 Å². The van der Waals surface area contributed by atoms with Crippen LogP contribution in [0.1, 0.15) is 37.6 Å². The fourth-order valence-electron chi connectivity index (χ4n) is 3.72. The molecule has 0 unspecified atom stereocenters. The Kier molecular flexibility index (Phi) is 9.05. The molecule has 10 nitrogen and oxygen atoms in total. The van der Waals surface area contributed by atoms with E-state index in [0.29, 0.717) is 38.9 Å². The van der Waals surface area contributed by atoms with Crippen molar-refractivity contribution in [1.29, 1.82) is 0 Å². The molecule has 1 amide bonds. The fourth-order valence-corrected chi connectivity index (χ4v) is 4.67. The molecule has 40 heavy (non-hydrogen) atoms. The summed E-state index contributed by atoms with van der Waals surface area (Å²) in [6.07, 6.45) is 2.03. The van der Waals surface area contributed by atoms with Crippen LogP contribution in [0, 0.1) is 15.9 Å². The van der Waals surface area contributed by atoms with E-state index < -0.39 is 28.9 Å². The quantitative estimate of drug-likeness (QED) is 0.125. The van der Waals surface area contributed by atoms with Gasteiger partial charge < -0.3 is 10.1 Å². The molecule has 1 aromatic heterocycles. The van der Waals surface area contributed by atoms with Crippen LogP contribution in [0.25, 0.3) is 10.9 Å². The smallest absolute Gasteiger partial charge is 0.312 e. The lowest BCUT2D eigenvalue weighted by molar-refractivity contribution is -0.385. The van der Waals surface area contributed by atoms with E-state index in [0.717, 1.165) is 0 Å². The summed E-state index contributed by atoms with van der Waals surface area (Å²) in [5, 5.41) is 19.1. The zero-order valence-corrected chi connectivity index (χ0v) is 24.4. The van der Waals surface area contributed by atoms with E-state index >= 15 is 0 Å². The molecule has 0 aliphatic carbocycles. The third-order valence-corrected chi connectivity index (χ3v) is 7.01. The molecule has 0 radical (unpaired) electrons. The molecule has 0 aliphatic heterocycles. The van der Waals surface area contributed by atoms with Gasteiger partial charge >= 0.3 is 5.69 Å². The molecule has 0 spiro atoms. The summed E-state index contributed by atoms with van der Waals surface area (Å²) in [6.45, 7) is 3.37. The molecule has 3 aromatic carbocycles. The number of nitro groups is 1. The van der Waals surface area contributed by atoms with Crippen molar-refractivity contribution in [2.24, 2.45) is 5.10 Å². The van der Waals surface area contributed by atoms with E-state index in [1.807, 2.05) is 13.8 Å². The van der Waals surface area contributed by atoms with Crippen LogP contribution in [0.4, 0.5) is 15.8 Å². The molecule has 1 heterocycles. The summed E-state index contributed by atoms with van der Waals surface area (Å²) in [5.74, 6) is -0.838. The molecule has 0 bridgehead atoms. The van der Waals surface area contributed by atoms with E-state index in [-0.39, 0.29) is 21.7 Å². The van der Waals surface area contributed by atoms with Crippen molar-refractivity contribution >= 4 is 66.3 Å². The van der Waals surface area contributed by atoms with Gasteiger partial charge in [-0.3, -0.25) is 19.7 Å². The van der Waals surface area contributed by atoms with Gasteiger partial charge in [-0.25, -0.2) is 9.37 Å². The van der Waals surface area contributed by atoms with E-state index in [9.17, 15) is 24.1 Å². The second-order valence-electron chi connectivity index (χ2n) is 8.75. The molecular weight excluding hydrogens is 653 g/mol. The first-order chi connectivity index (χ1) is 19.1. The summed E-state index contributed by atoms with van der Waals surface area (Å²) in [6, 6.07) is 13.1. The van der Waals surface area contributed by atoms with Crippen molar-refractivity contribution in [3.8, 4) is 5.75 Å². The maximum atomic E-state index is 13.3. The first kappa shape index (κ1) is 29.0. The molecule has 0 aliphatic rings. The van der Waals surface area contributed by atoms with Crippen LogP contribution in [-0.2, 0) is 4.79 Å². The molecule has 13 heteroatoms. The Morgan fingerprint density at radius 3 is 2.62 bits per heavy atom. The fraction of sp³-hybridized carbons (Fsp3) is 0.185. The number of anilines is 1. The topological polar surface area (TPSA) is 129 Å². The van der Waals surface area contributed by atoms with Crippen LogP contribution < -0.4 is 15.6 Å². The van der Waals surface area contributed by atoms with E-state index in [4.69, 9.17) is 4.74 Å². The summed E-state index contributed by atoms with van der Waals surface area (Å²) >= 11 is 6.64. The summed E-state index contributed by atoms with van der Waals surface area (Å²) in [5.41, 5.74) is 0.396. The van der Waals surface area contributed by atoms with E-state index in [1.165, 1.54) is 47.3 Å². The average Bonchev–Trinajstić information content (AvgIpc) is 2.92. The summed E-state index contributed by atoms with van der Waals surface area (Å²) in [4.78, 5) is 41.4. The number of ether oxygens (including phenoxy) is 1. The van der Waals surface area contributed by atoms with Crippen molar-refractivity contribution < 1.29 is 18.8 Å². The normalized spacial score (nSPS) is 12.0. The number of benzene rings is 3. The summed E-state index contributed by atoms with van der Waals surface area (Å²) in [7, 11) is 0. The Morgan fingerprint density at radius 2 is 1.95 bits per heavy atom. The SMILES string of the molecule is CC[C@H](C)c1nc2ccc(Br)cc2c(=O)n1N=Cc1cc(Br)c(OCC(=O)Nc2ccc(F)cc2)c([N+](=O)[O-])c1. The van der Waals surface area contributed by atoms with Gasteiger partial charge in [0.05, 0.1) is 26.5 Å². The number of nitro benzene ring substituents is 1. The standard InChI is InChI=1S/C27H22Br2FN5O5/c1-3-15(2)26-33-22-9-4-17(28)12-20(22)27(37)34(26)31-13-16-10-21(29)25(23(11-16)35(38)39)40-14-24(36)32-19-7-5-18(30)6-8-19/h4-13,15H,3,14H2,1-2H3,(H,32,36)/t15-/m0/s1. The zero-order valence-electron chi connectivity index (χ0n) is 21.2. The monoisotopic (exact) mass is 673 g/mol. The van der Waals surface area contributed by atoms with Crippen molar-refractivity contribution in [3.05, 3.63) is 101 Å². The van der Waals surface area contributed by atoms with Gasteiger partial charge in [0, 0.05) is 27.7 Å². The highest BCUT2D eigenvalue weighted by Crippen LogP contribution is 2.36. The molecule has 0 fully saturated rings. The first-order valence-electron chi connectivity index (χ1n) is 12.0. The molecule has 0 saturated carbocycles. The Hall–Kier alpha value is -3.97. The number of carbonyl (C=O) groups is 1.